The zero-order valence-electron chi connectivity index (χ0n) is 14.7. The van der Waals surface area contributed by atoms with Crippen molar-refractivity contribution in [3.8, 4) is 17.1 Å². The van der Waals surface area contributed by atoms with Gasteiger partial charge in [0.15, 0.2) is 5.65 Å². The van der Waals surface area contributed by atoms with E-state index in [0.717, 1.165) is 52.5 Å². The van der Waals surface area contributed by atoms with Crippen LogP contribution in [0.1, 0.15) is 12.1 Å². The lowest BCUT2D eigenvalue weighted by Gasteiger charge is -2.14. The maximum absolute atomic E-state index is 6.53. The van der Waals surface area contributed by atoms with Crippen LogP contribution >= 0.6 is 11.6 Å². The van der Waals surface area contributed by atoms with Crippen LogP contribution in [0.25, 0.3) is 28.1 Å². The van der Waals surface area contributed by atoms with Crippen LogP contribution in [0.15, 0.2) is 42.7 Å². The average Bonchev–Trinajstić information content (AvgIpc) is 3.34. The van der Waals surface area contributed by atoms with Crippen LogP contribution in [0.3, 0.4) is 0 Å². The molecular formula is C20H17ClN4O2. The number of rotatable bonds is 3. The van der Waals surface area contributed by atoms with E-state index in [1.807, 2.05) is 41.7 Å². The Morgan fingerprint density at radius 3 is 3.04 bits per heavy atom. The van der Waals surface area contributed by atoms with E-state index in [2.05, 4.69) is 15.0 Å². The molecule has 5 rings (SSSR count). The summed E-state index contributed by atoms with van der Waals surface area (Å²) < 4.78 is 13.4. The number of nitrogens with zero attached hydrogens (tertiary/aromatic N) is 4. The Bertz CT molecular complexity index is 1150. The molecule has 136 valence electrons. The number of pyridine rings is 1. The SMILES string of the molecule is Cc1nc2cccnc2n2c(-c3cc(OC4CCOC4)ccc3Cl)ncc12. The van der Waals surface area contributed by atoms with E-state index in [0.29, 0.717) is 11.6 Å². The van der Waals surface area contributed by atoms with Gasteiger partial charge in [-0.15, -0.1) is 0 Å². The second kappa shape index (κ2) is 6.48. The van der Waals surface area contributed by atoms with Crippen molar-refractivity contribution in [2.45, 2.75) is 19.4 Å². The van der Waals surface area contributed by atoms with E-state index >= 15 is 0 Å². The van der Waals surface area contributed by atoms with Gasteiger partial charge in [0.25, 0.3) is 0 Å². The minimum Gasteiger partial charge on any atom is -0.488 e. The van der Waals surface area contributed by atoms with E-state index in [4.69, 9.17) is 21.1 Å². The molecule has 0 N–H and O–H groups in total. The number of hydrogen-bond donors (Lipinski definition) is 0. The quantitative estimate of drug-likeness (QED) is 0.536. The number of benzene rings is 1. The van der Waals surface area contributed by atoms with Gasteiger partial charge in [-0.25, -0.2) is 15.0 Å². The van der Waals surface area contributed by atoms with Crippen LogP contribution in [0.5, 0.6) is 5.75 Å². The minimum atomic E-state index is 0.0741. The summed E-state index contributed by atoms with van der Waals surface area (Å²) in [4.78, 5) is 13.8. The third kappa shape index (κ3) is 2.81. The molecule has 1 aliphatic heterocycles. The van der Waals surface area contributed by atoms with Crippen molar-refractivity contribution in [3.05, 3.63) is 53.4 Å². The lowest BCUT2D eigenvalue weighted by Crippen LogP contribution is -2.15. The van der Waals surface area contributed by atoms with Crippen LogP contribution in [0.2, 0.25) is 5.02 Å². The van der Waals surface area contributed by atoms with Gasteiger partial charge in [-0.05, 0) is 37.3 Å². The van der Waals surface area contributed by atoms with Crippen molar-refractivity contribution >= 4 is 28.3 Å². The first kappa shape index (κ1) is 16.5. The highest BCUT2D eigenvalue weighted by Gasteiger charge is 2.20. The molecule has 27 heavy (non-hydrogen) atoms. The summed E-state index contributed by atoms with van der Waals surface area (Å²) in [5, 5.41) is 0.607. The molecular weight excluding hydrogens is 364 g/mol. The van der Waals surface area contributed by atoms with E-state index < -0.39 is 0 Å². The Labute approximate surface area is 160 Å². The fraction of sp³-hybridized carbons (Fsp3) is 0.250. The lowest BCUT2D eigenvalue weighted by atomic mass is 10.2. The first-order chi connectivity index (χ1) is 13.2. The maximum Gasteiger partial charge on any atom is 0.164 e. The molecule has 1 aromatic carbocycles. The van der Waals surface area contributed by atoms with Crippen molar-refractivity contribution in [2.24, 2.45) is 0 Å². The molecule has 0 bridgehead atoms. The Morgan fingerprint density at radius 1 is 1.26 bits per heavy atom. The van der Waals surface area contributed by atoms with Crippen molar-refractivity contribution in [2.75, 3.05) is 13.2 Å². The number of aromatic nitrogens is 4. The van der Waals surface area contributed by atoms with Gasteiger partial charge in [0.05, 0.1) is 35.6 Å². The molecule has 1 fully saturated rings. The average molecular weight is 381 g/mol. The highest BCUT2D eigenvalue weighted by Crippen LogP contribution is 2.33. The van der Waals surface area contributed by atoms with Gasteiger partial charge in [-0.3, -0.25) is 4.40 Å². The predicted octanol–water partition coefficient (Wildman–Crippen LogP) is 4.07. The van der Waals surface area contributed by atoms with Gasteiger partial charge in [-0.2, -0.15) is 0 Å². The summed E-state index contributed by atoms with van der Waals surface area (Å²) in [5.74, 6) is 1.47. The van der Waals surface area contributed by atoms with Crippen molar-refractivity contribution in [1.29, 1.82) is 0 Å². The molecule has 4 heterocycles. The molecule has 7 heteroatoms. The van der Waals surface area contributed by atoms with Crippen LogP contribution in [0.4, 0.5) is 0 Å². The monoisotopic (exact) mass is 380 g/mol. The number of hydrogen-bond acceptors (Lipinski definition) is 5. The van der Waals surface area contributed by atoms with Crippen LogP contribution in [-0.4, -0.2) is 38.7 Å². The van der Waals surface area contributed by atoms with Gasteiger partial charge in [0.2, 0.25) is 0 Å². The Morgan fingerprint density at radius 2 is 2.19 bits per heavy atom. The Balaban J connectivity index is 1.69. The molecule has 0 aliphatic carbocycles. The second-order valence-corrected chi connectivity index (χ2v) is 7.00. The molecule has 0 spiro atoms. The van der Waals surface area contributed by atoms with E-state index in [9.17, 15) is 0 Å². The summed E-state index contributed by atoms with van der Waals surface area (Å²) >= 11 is 6.53. The smallest absolute Gasteiger partial charge is 0.164 e. The second-order valence-electron chi connectivity index (χ2n) is 6.59. The van der Waals surface area contributed by atoms with Crippen molar-refractivity contribution < 1.29 is 9.47 Å². The molecule has 3 aromatic heterocycles. The van der Waals surface area contributed by atoms with Gasteiger partial charge < -0.3 is 9.47 Å². The number of imidazole rings is 1. The van der Waals surface area contributed by atoms with E-state index in [1.165, 1.54) is 0 Å². The van der Waals surface area contributed by atoms with Crippen molar-refractivity contribution in [3.63, 3.8) is 0 Å². The molecule has 1 aliphatic rings. The third-order valence-electron chi connectivity index (χ3n) is 4.77. The van der Waals surface area contributed by atoms with Gasteiger partial charge >= 0.3 is 0 Å². The largest absolute Gasteiger partial charge is 0.488 e. The molecule has 1 atom stereocenters. The maximum atomic E-state index is 6.53. The highest BCUT2D eigenvalue weighted by molar-refractivity contribution is 6.33. The minimum absolute atomic E-state index is 0.0741. The standard InChI is InChI=1S/C20H17ClN4O2/c1-12-18-10-23-19(25(18)20-17(24-12)3-2-7-22-20)15-9-13(4-5-16(15)21)27-14-6-8-26-11-14/h2-5,7,9-10,14H,6,8,11H2,1H3. The Kier molecular flexibility index (Phi) is 3.95. The summed E-state index contributed by atoms with van der Waals surface area (Å²) in [6, 6.07) is 9.47. The predicted molar refractivity (Wildman–Crippen MR) is 103 cm³/mol. The molecule has 4 aromatic rings. The van der Waals surface area contributed by atoms with E-state index in [-0.39, 0.29) is 6.10 Å². The van der Waals surface area contributed by atoms with Gasteiger partial charge in [0, 0.05) is 18.2 Å². The number of halogens is 1. The first-order valence-electron chi connectivity index (χ1n) is 8.84. The fourth-order valence-corrected chi connectivity index (χ4v) is 3.65. The van der Waals surface area contributed by atoms with Gasteiger partial charge in [0.1, 0.15) is 23.2 Å². The summed E-state index contributed by atoms with van der Waals surface area (Å²) in [7, 11) is 0. The summed E-state index contributed by atoms with van der Waals surface area (Å²) in [5.41, 5.74) is 4.15. The topological polar surface area (TPSA) is 61.5 Å². The van der Waals surface area contributed by atoms with Crippen LogP contribution < -0.4 is 4.74 Å². The first-order valence-corrected chi connectivity index (χ1v) is 9.21. The zero-order chi connectivity index (χ0) is 18.4. The molecule has 0 amide bonds. The van der Waals surface area contributed by atoms with Gasteiger partial charge in [-0.1, -0.05) is 11.6 Å². The lowest BCUT2D eigenvalue weighted by molar-refractivity contribution is 0.141. The highest BCUT2D eigenvalue weighted by atomic mass is 35.5. The third-order valence-corrected chi connectivity index (χ3v) is 5.10. The number of aryl methyl sites for hydroxylation is 1. The van der Waals surface area contributed by atoms with E-state index in [1.54, 1.807) is 12.4 Å². The summed E-state index contributed by atoms with van der Waals surface area (Å²) in [6.45, 7) is 3.32. The Hall–Kier alpha value is -2.70. The zero-order valence-corrected chi connectivity index (χ0v) is 15.5. The molecule has 0 saturated carbocycles. The van der Waals surface area contributed by atoms with Crippen LogP contribution in [0, 0.1) is 6.92 Å². The fourth-order valence-electron chi connectivity index (χ4n) is 3.44. The summed E-state index contributed by atoms with van der Waals surface area (Å²) in [6.07, 6.45) is 4.53. The molecule has 1 unspecified atom stereocenters. The van der Waals surface area contributed by atoms with Crippen molar-refractivity contribution in [1.82, 2.24) is 19.4 Å². The molecule has 1 saturated heterocycles. The number of fused-ring (bicyclic) bond motifs is 3. The molecule has 0 radical (unpaired) electrons. The number of ether oxygens (including phenoxy) is 2. The normalized spacial score (nSPS) is 17.0. The molecule has 6 nitrogen and oxygen atoms in total. The van der Waals surface area contributed by atoms with Crippen LogP contribution in [-0.2, 0) is 4.74 Å².